The van der Waals surface area contributed by atoms with Gasteiger partial charge in [-0.3, -0.25) is 0 Å². The molecular weight excluding hydrogens is 205 g/mol. The number of halogens is 3. The summed E-state index contributed by atoms with van der Waals surface area (Å²) in [6.45, 7) is 0. The van der Waals surface area contributed by atoms with Gasteiger partial charge in [-0.15, -0.1) is 0 Å². The van der Waals surface area contributed by atoms with E-state index in [0.29, 0.717) is 9.50 Å². The lowest BCUT2D eigenvalue weighted by molar-refractivity contribution is 0.627. The second kappa shape index (κ2) is 2.67. The van der Waals surface area contributed by atoms with Gasteiger partial charge in [0.2, 0.25) is 0 Å². The van der Waals surface area contributed by atoms with E-state index in [1.165, 1.54) is 18.2 Å². The van der Waals surface area contributed by atoms with Crippen molar-refractivity contribution >= 4 is 27.5 Å². The predicted molar refractivity (Wildman–Crippen MR) is 39.1 cm³/mol. The van der Waals surface area contributed by atoms with Crippen molar-refractivity contribution in [2.45, 2.75) is 0 Å². The molecule has 0 aliphatic rings. The molecule has 1 aromatic rings. The molecule has 0 spiro atoms. The van der Waals surface area contributed by atoms with E-state index in [1.54, 1.807) is 0 Å². The first kappa shape index (κ1) is 7.03. The monoisotopic (exact) mass is 207 g/mol. The maximum Gasteiger partial charge on any atom is 0.124 e. The van der Waals surface area contributed by atoms with Crippen LogP contribution in [-0.2, 0) is 0 Å². The molecule has 0 aromatic heterocycles. The van der Waals surface area contributed by atoms with E-state index in [9.17, 15) is 4.39 Å². The average molecular weight is 208 g/mol. The Morgan fingerprint density at radius 3 is 2.56 bits per heavy atom. The maximum absolute atomic E-state index is 12.3. The molecule has 9 heavy (non-hydrogen) atoms. The quantitative estimate of drug-likeness (QED) is 0.574. The van der Waals surface area contributed by atoms with E-state index < -0.39 is 0 Å². The van der Waals surface area contributed by atoms with Crippen LogP contribution in [-0.4, -0.2) is 0 Å². The highest BCUT2D eigenvalue weighted by Gasteiger charge is 1.95. The fraction of sp³-hybridized carbons (Fsp3) is 0. The summed E-state index contributed by atoms with van der Waals surface area (Å²) < 4.78 is 12.8. The van der Waals surface area contributed by atoms with E-state index in [1.807, 2.05) is 0 Å². The van der Waals surface area contributed by atoms with Gasteiger partial charge < -0.3 is 0 Å². The molecule has 0 saturated carbocycles. The predicted octanol–water partition coefficient (Wildman–Crippen LogP) is 3.24. The molecule has 0 atom stereocenters. The summed E-state index contributed by atoms with van der Waals surface area (Å²) in [7, 11) is 0. The zero-order chi connectivity index (χ0) is 6.85. The van der Waals surface area contributed by atoms with Crippen molar-refractivity contribution in [2.24, 2.45) is 0 Å². The van der Waals surface area contributed by atoms with Crippen molar-refractivity contribution in [1.29, 1.82) is 0 Å². The molecule has 0 amide bonds. The van der Waals surface area contributed by atoms with Crippen molar-refractivity contribution in [2.75, 3.05) is 0 Å². The minimum Gasteiger partial charge on any atom is -0.207 e. The third-order valence-electron chi connectivity index (χ3n) is 0.882. The molecule has 0 heterocycles. The lowest BCUT2D eigenvalue weighted by atomic mass is 10.3. The van der Waals surface area contributed by atoms with Gasteiger partial charge in [0.15, 0.2) is 0 Å². The van der Waals surface area contributed by atoms with Gasteiger partial charge in [0.25, 0.3) is 0 Å². The summed E-state index contributed by atoms with van der Waals surface area (Å²) in [6, 6.07) is 4.14. The van der Waals surface area contributed by atoms with Crippen LogP contribution in [0.5, 0.6) is 0 Å². The second-order valence-corrected chi connectivity index (χ2v) is 2.82. The summed E-state index contributed by atoms with van der Waals surface area (Å²) in [5.74, 6) is -0.286. The van der Waals surface area contributed by atoms with Gasteiger partial charge in [-0.2, -0.15) is 0 Å². The molecule has 1 rings (SSSR count). The van der Waals surface area contributed by atoms with Crippen LogP contribution >= 0.6 is 27.5 Å². The van der Waals surface area contributed by atoms with Gasteiger partial charge >= 0.3 is 0 Å². The van der Waals surface area contributed by atoms with E-state index >= 15 is 0 Å². The third kappa shape index (κ3) is 1.66. The standard InChI is InChI=1S/C6H3BrClF/c7-5-3-4(9)1-2-6(5)8/h1-3H/i9-1. The Hall–Kier alpha value is -0.0800. The minimum absolute atomic E-state index is 0.286. The molecule has 3 heteroatoms. The topological polar surface area (TPSA) is 0 Å². The molecule has 0 aliphatic heterocycles. The van der Waals surface area contributed by atoms with Crippen LogP contribution in [0.1, 0.15) is 0 Å². The minimum atomic E-state index is -0.286. The van der Waals surface area contributed by atoms with E-state index in [-0.39, 0.29) is 5.82 Å². The molecule has 0 N–H and O–H groups in total. The zero-order valence-electron chi connectivity index (χ0n) is 4.37. The van der Waals surface area contributed by atoms with Crippen LogP contribution in [0.4, 0.5) is 4.39 Å². The lowest BCUT2D eigenvalue weighted by Crippen LogP contribution is -1.72. The summed E-state index contributed by atoms with van der Waals surface area (Å²) in [6.07, 6.45) is 0. The van der Waals surface area contributed by atoms with Gasteiger partial charge in [-0.05, 0) is 34.1 Å². The summed E-state index contributed by atoms with van der Waals surface area (Å²) in [5.41, 5.74) is 0. The fourth-order valence-corrected chi connectivity index (χ4v) is 0.939. The highest BCUT2D eigenvalue weighted by atomic mass is 79.9. The molecule has 0 nitrogen and oxygen atoms in total. The first-order valence-electron chi connectivity index (χ1n) is 2.30. The first-order chi connectivity index (χ1) is 4.20. The van der Waals surface area contributed by atoms with Crippen molar-refractivity contribution in [3.05, 3.63) is 33.5 Å². The Kier molecular flexibility index (Phi) is 2.09. The highest BCUT2D eigenvalue weighted by molar-refractivity contribution is 9.10. The van der Waals surface area contributed by atoms with Crippen molar-refractivity contribution < 1.29 is 4.39 Å². The average Bonchev–Trinajstić information content (AvgIpc) is 1.80. The summed E-state index contributed by atoms with van der Waals surface area (Å²) in [4.78, 5) is 0. The molecule has 0 bridgehead atoms. The Bertz CT molecular complexity index is 224. The first-order valence-corrected chi connectivity index (χ1v) is 3.48. The zero-order valence-corrected chi connectivity index (χ0v) is 6.71. The van der Waals surface area contributed by atoms with E-state index in [2.05, 4.69) is 15.9 Å². The number of rotatable bonds is 0. The molecule has 1 aromatic carbocycles. The SMILES string of the molecule is [18F]c1ccc(Cl)c(Br)c1. The second-order valence-electron chi connectivity index (χ2n) is 1.56. The van der Waals surface area contributed by atoms with Crippen molar-refractivity contribution in [1.82, 2.24) is 0 Å². The van der Waals surface area contributed by atoms with Gasteiger partial charge in [0.05, 0.1) is 5.02 Å². The van der Waals surface area contributed by atoms with Crippen LogP contribution < -0.4 is 0 Å². The number of hydrogen-bond acceptors (Lipinski definition) is 0. The van der Waals surface area contributed by atoms with Gasteiger partial charge in [-0.1, -0.05) is 11.6 Å². The largest absolute Gasteiger partial charge is 0.207 e. The van der Waals surface area contributed by atoms with Gasteiger partial charge in [-0.25, -0.2) is 4.39 Å². The summed E-state index contributed by atoms with van der Waals surface area (Å²) >= 11 is 8.64. The summed E-state index contributed by atoms with van der Waals surface area (Å²) in [5, 5.41) is 0.524. The van der Waals surface area contributed by atoms with Crippen LogP contribution in [0.3, 0.4) is 0 Å². The molecule has 0 fully saturated rings. The van der Waals surface area contributed by atoms with Crippen LogP contribution in [0.25, 0.3) is 0 Å². The van der Waals surface area contributed by atoms with Crippen LogP contribution in [0, 0.1) is 5.82 Å². The maximum atomic E-state index is 12.3. The molecule has 0 unspecified atom stereocenters. The number of hydrogen-bond donors (Lipinski definition) is 0. The molecule has 0 radical (unpaired) electrons. The Morgan fingerprint density at radius 1 is 1.44 bits per heavy atom. The molecule has 0 aliphatic carbocycles. The third-order valence-corrected chi connectivity index (χ3v) is 2.10. The number of benzene rings is 1. The van der Waals surface area contributed by atoms with Crippen LogP contribution in [0.15, 0.2) is 22.7 Å². The molecule has 0 saturated heterocycles. The Morgan fingerprint density at radius 2 is 2.11 bits per heavy atom. The normalized spacial score (nSPS) is 9.67. The Balaban J connectivity index is 3.17. The highest BCUT2D eigenvalue weighted by Crippen LogP contribution is 2.22. The van der Waals surface area contributed by atoms with E-state index in [0.717, 1.165) is 0 Å². The smallest absolute Gasteiger partial charge is 0.124 e. The molecular formula is C6H3BrClF. The molecule has 48 valence electrons. The Labute approximate surface area is 65.8 Å². The van der Waals surface area contributed by atoms with E-state index in [4.69, 9.17) is 11.6 Å². The van der Waals surface area contributed by atoms with Gasteiger partial charge in [0.1, 0.15) is 5.82 Å². The van der Waals surface area contributed by atoms with Crippen molar-refractivity contribution in [3.8, 4) is 0 Å². The lowest BCUT2D eigenvalue weighted by Gasteiger charge is -1.92. The van der Waals surface area contributed by atoms with Gasteiger partial charge in [0, 0.05) is 4.47 Å². The van der Waals surface area contributed by atoms with Crippen molar-refractivity contribution in [3.63, 3.8) is 0 Å². The van der Waals surface area contributed by atoms with Crippen LogP contribution in [0.2, 0.25) is 5.02 Å². The fourth-order valence-electron chi connectivity index (χ4n) is 0.470.